The van der Waals surface area contributed by atoms with Crippen LogP contribution < -0.4 is 5.32 Å². The Morgan fingerprint density at radius 2 is 1.86 bits per heavy atom. The molecule has 2 aromatic carbocycles. The van der Waals surface area contributed by atoms with E-state index in [-0.39, 0.29) is 17.7 Å². The third kappa shape index (κ3) is 4.81. The number of benzene rings is 2. The molecule has 1 amide bonds. The van der Waals surface area contributed by atoms with Gasteiger partial charge in [0.1, 0.15) is 0 Å². The number of carbonyl (C=O) groups is 1. The molecule has 22 heavy (non-hydrogen) atoms. The molecule has 0 spiro atoms. The van der Waals surface area contributed by atoms with Gasteiger partial charge >= 0.3 is 0 Å². The standard InChI is InChI=1S/C16H14BrF2NOS/c1-10(11-2-4-12(17)5-3-11)20-16(21)9-22-13-6-7-14(18)15(19)8-13/h2-8,10H,9H2,1H3,(H,20,21)/t10-/m1/s1. The number of halogens is 3. The van der Waals surface area contributed by atoms with E-state index in [1.807, 2.05) is 31.2 Å². The summed E-state index contributed by atoms with van der Waals surface area (Å²) in [5.74, 6) is -1.82. The molecule has 2 nitrogen and oxygen atoms in total. The molecule has 1 atom stereocenters. The molecule has 0 heterocycles. The van der Waals surface area contributed by atoms with Gasteiger partial charge < -0.3 is 5.32 Å². The zero-order valence-electron chi connectivity index (χ0n) is 11.8. The zero-order valence-corrected chi connectivity index (χ0v) is 14.2. The molecule has 6 heteroatoms. The molecule has 0 aliphatic rings. The Bertz CT molecular complexity index is 664. The Hall–Kier alpha value is -1.40. The lowest BCUT2D eigenvalue weighted by Crippen LogP contribution is -2.28. The SMILES string of the molecule is C[C@@H](NC(=O)CSc1ccc(F)c(F)c1)c1ccc(Br)cc1. The second kappa shape index (κ2) is 7.74. The molecule has 0 aromatic heterocycles. The summed E-state index contributed by atoms with van der Waals surface area (Å²) in [6.07, 6.45) is 0. The van der Waals surface area contributed by atoms with Crippen molar-refractivity contribution in [2.45, 2.75) is 17.9 Å². The van der Waals surface area contributed by atoms with Crippen molar-refractivity contribution in [3.63, 3.8) is 0 Å². The average molecular weight is 386 g/mol. The monoisotopic (exact) mass is 385 g/mol. The number of rotatable bonds is 5. The summed E-state index contributed by atoms with van der Waals surface area (Å²) in [7, 11) is 0. The molecule has 2 aromatic rings. The van der Waals surface area contributed by atoms with Crippen molar-refractivity contribution in [1.29, 1.82) is 0 Å². The summed E-state index contributed by atoms with van der Waals surface area (Å²) in [5.41, 5.74) is 0.995. The van der Waals surface area contributed by atoms with Crippen LogP contribution in [0.5, 0.6) is 0 Å². The molecule has 0 radical (unpaired) electrons. The topological polar surface area (TPSA) is 29.1 Å². The first kappa shape index (κ1) is 17.0. The van der Waals surface area contributed by atoms with Crippen molar-refractivity contribution in [3.05, 3.63) is 64.1 Å². The van der Waals surface area contributed by atoms with Gasteiger partial charge in [-0.05, 0) is 42.8 Å². The second-order valence-electron chi connectivity index (χ2n) is 4.71. The molecule has 0 bridgehead atoms. The predicted molar refractivity (Wildman–Crippen MR) is 87.8 cm³/mol. The van der Waals surface area contributed by atoms with Crippen LogP contribution in [0, 0.1) is 11.6 Å². The molecule has 0 aliphatic heterocycles. The zero-order chi connectivity index (χ0) is 16.1. The molecule has 0 unspecified atom stereocenters. The van der Waals surface area contributed by atoms with Crippen molar-refractivity contribution in [1.82, 2.24) is 5.32 Å². The van der Waals surface area contributed by atoms with Gasteiger partial charge in [-0.1, -0.05) is 28.1 Å². The summed E-state index contributed by atoms with van der Waals surface area (Å²) in [5, 5.41) is 2.87. The summed E-state index contributed by atoms with van der Waals surface area (Å²) < 4.78 is 26.9. The van der Waals surface area contributed by atoms with E-state index < -0.39 is 11.6 Å². The lowest BCUT2D eigenvalue weighted by atomic mass is 10.1. The van der Waals surface area contributed by atoms with Crippen LogP contribution in [-0.2, 0) is 4.79 Å². The molecular weight excluding hydrogens is 372 g/mol. The second-order valence-corrected chi connectivity index (χ2v) is 6.67. The first-order chi connectivity index (χ1) is 10.5. The van der Waals surface area contributed by atoms with Gasteiger partial charge in [0, 0.05) is 9.37 Å². The molecule has 0 saturated carbocycles. The third-order valence-corrected chi connectivity index (χ3v) is 4.53. The molecule has 0 fully saturated rings. The third-order valence-electron chi connectivity index (χ3n) is 3.01. The molecule has 0 saturated heterocycles. The van der Waals surface area contributed by atoms with Gasteiger partial charge in [0.05, 0.1) is 11.8 Å². The van der Waals surface area contributed by atoms with Crippen LogP contribution in [0.1, 0.15) is 18.5 Å². The molecule has 116 valence electrons. The van der Waals surface area contributed by atoms with Gasteiger partial charge in [0.2, 0.25) is 5.91 Å². The Morgan fingerprint density at radius 1 is 1.18 bits per heavy atom. The highest BCUT2D eigenvalue weighted by Gasteiger charge is 2.10. The molecule has 2 rings (SSSR count). The van der Waals surface area contributed by atoms with Crippen LogP contribution in [-0.4, -0.2) is 11.7 Å². The summed E-state index contributed by atoms with van der Waals surface area (Å²) in [4.78, 5) is 12.4. The first-order valence-corrected chi connectivity index (χ1v) is 8.36. The van der Waals surface area contributed by atoms with Gasteiger partial charge in [-0.3, -0.25) is 4.79 Å². The van der Waals surface area contributed by atoms with Crippen LogP contribution in [0.25, 0.3) is 0 Å². The predicted octanol–water partition coefficient (Wildman–Crippen LogP) is 4.70. The fourth-order valence-electron chi connectivity index (χ4n) is 1.83. The van der Waals surface area contributed by atoms with Crippen LogP contribution in [0.15, 0.2) is 51.8 Å². The van der Waals surface area contributed by atoms with Gasteiger partial charge in [-0.25, -0.2) is 8.78 Å². The van der Waals surface area contributed by atoms with E-state index in [1.165, 1.54) is 6.07 Å². The minimum Gasteiger partial charge on any atom is -0.349 e. The van der Waals surface area contributed by atoms with Crippen molar-refractivity contribution in [2.24, 2.45) is 0 Å². The molecule has 0 aliphatic carbocycles. The Balaban J connectivity index is 1.87. The lowest BCUT2D eigenvalue weighted by Gasteiger charge is -2.14. The van der Waals surface area contributed by atoms with Crippen LogP contribution in [0.2, 0.25) is 0 Å². The van der Waals surface area contributed by atoms with Crippen LogP contribution in [0.4, 0.5) is 8.78 Å². The largest absolute Gasteiger partial charge is 0.349 e. The molecular formula is C16H14BrF2NOS. The Morgan fingerprint density at radius 3 is 2.50 bits per heavy atom. The van der Waals surface area contributed by atoms with E-state index in [4.69, 9.17) is 0 Å². The number of thioether (sulfide) groups is 1. The number of nitrogens with one attached hydrogen (secondary N) is 1. The van der Waals surface area contributed by atoms with E-state index in [9.17, 15) is 13.6 Å². The minimum absolute atomic E-state index is 0.119. The maximum Gasteiger partial charge on any atom is 0.230 e. The lowest BCUT2D eigenvalue weighted by molar-refractivity contribution is -0.119. The maximum absolute atomic E-state index is 13.1. The fraction of sp³-hybridized carbons (Fsp3) is 0.188. The van der Waals surface area contributed by atoms with Crippen LogP contribution in [0.3, 0.4) is 0 Å². The highest BCUT2D eigenvalue weighted by atomic mass is 79.9. The van der Waals surface area contributed by atoms with E-state index in [1.54, 1.807) is 0 Å². The number of carbonyl (C=O) groups excluding carboxylic acids is 1. The van der Waals surface area contributed by atoms with Crippen LogP contribution >= 0.6 is 27.7 Å². The maximum atomic E-state index is 13.1. The van der Waals surface area contributed by atoms with Crippen molar-refractivity contribution in [2.75, 3.05) is 5.75 Å². The summed E-state index contributed by atoms with van der Waals surface area (Å²) in [6, 6.07) is 11.2. The Kier molecular flexibility index (Phi) is 5.97. The van der Waals surface area contributed by atoms with Gasteiger partial charge in [-0.15, -0.1) is 11.8 Å². The van der Waals surface area contributed by atoms with Crippen molar-refractivity contribution < 1.29 is 13.6 Å². The van der Waals surface area contributed by atoms with Gasteiger partial charge in [0.15, 0.2) is 11.6 Å². The fourth-order valence-corrected chi connectivity index (χ4v) is 2.83. The first-order valence-electron chi connectivity index (χ1n) is 6.58. The highest BCUT2D eigenvalue weighted by molar-refractivity contribution is 9.10. The normalized spacial score (nSPS) is 12.0. The number of hydrogen-bond donors (Lipinski definition) is 1. The van der Waals surface area contributed by atoms with Crippen molar-refractivity contribution >= 4 is 33.6 Å². The quantitative estimate of drug-likeness (QED) is 0.755. The van der Waals surface area contributed by atoms with E-state index in [2.05, 4.69) is 21.2 Å². The van der Waals surface area contributed by atoms with E-state index in [0.29, 0.717) is 4.90 Å². The summed E-state index contributed by atoms with van der Waals surface area (Å²) in [6.45, 7) is 1.89. The average Bonchev–Trinajstić information content (AvgIpc) is 2.49. The summed E-state index contributed by atoms with van der Waals surface area (Å²) >= 11 is 4.52. The highest BCUT2D eigenvalue weighted by Crippen LogP contribution is 2.21. The van der Waals surface area contributed by atoms with Gasteiger partial charge in [0.25, 0.3) is 0 Å². The van der Waals surface area contributed by atoms with E-state index in [0.717, 1.165) is 33.9 Å². The van der Waals surface area contributed by atoms with Gasteiger partial charge in [-0.2, -0.15) is 0 Å². The van der Waals surface area contributed by atoms with Crippen molar-refractivity contribution in [3.8, 4) is 0 Å². The minimum atomic E-state index is -0.909. The molecule has 1 N–H and O–H groups in total. The van der Waals surface area contributed by atoms with E-state index >= 15 is 0 Å². The Labute approximate surface area is 140 Å². The smallest absolute Gasteiger partial charge is 0.230 e. The number of hydrogen-bond acceptors (Lipinski definition) is 2. The number of amides is 1.